The molecular weight excluding hydrogens is 440 g/mol. The summed E-state index contributed by atoms with van der Waals surface area (Å²) in [5.74, 6) is -0.535. The van der Waals surface area contributed by atoms with Crippen LogP contribution < -0.4 is 4.57 Å². The molecule has 178 valence electrons. The molecule has 6 rings (SSSR count). The molecule has 1 aliphatic rings. The normalized spacial score (nSPS) is 15.7. The molecule has 0 radical (unpaired) electrons. The largest absolute Gasteiger partial charge is 0.456 e. The lowest BCUT2D eigenvalue weighted by Gasteiger charge is -2.22. The van der Waals surface area contributed by atoms with E-state index in [9.17, 15) is 1.37 Å². The molecule has 1 saturated carbocycles. The zero-order valence-corrected chi connectivity index (χ0v) is 21.2. The van der Waals surface area contributed by atoms with Crippen LogP contribution in [0.1, 0.15) is 56.2 Å². The molecule has 36 heavy (non-hydrogen) atoms. The lowest BCUT2D eigenvalue weighted by molar-refractivity contribution is -0.666. The molecule has 5 aromatic rings. The van der Waals surface area contributed by atoms with Gasteiger partial charge in [-0.05, 0) is 42.3 Å². The molecule has 0 spiro atoms. The van der Waals surface area contributed by atoms with Crippen molar-refractivity contribution in [2.45, 2.75) is 51.8 Å². The fraction of sp³-hybridized carbons (Fsp3) is 0.273. The van der Waals surface area contributed by atoms with Crippen LogP contribution in [-0.4, -0.2) is 0 Å². The summed E-state index contributed by atoms with van der Waals surface area (Å²) in [5, 5.41) is 2.06. The van der Waals surface area contributed by atoms with Crippen LogP contribution in [0.15, 0.2) is 71.1 Å². The molecule has 0 saturated heterocycles. The minimum Gasteiger partial charge on any atom is -0.456 e. The summed E-state index contributed by atoms with van der Waals surface area (Å²) in [6.07, 6.45) is 5.27. The van der Waals surface area contributed by atoms with E-state index in [-0.39, 0.29) is 0 Å². The Morgan fingerprint density at radius 3 is 2.31 bits per heavy atom. The Labute approximate surface area is 214 Å². The summed E-state index contributed by atoms with van der Waals surface area (Å²) in [5.41, 5.74) is 9.50. The van der Waals surface area contributed by atoms with Gasteiger partial charge >= 0.3 is 0 Å². The Hall–Kier alpha value is -3.90. The highest BCUT2D eigenvalue weighted by atomic mass is 16.3. The van der Waals surface area contributed by atoms with Gasteiger partial charge in [0.25, 0.3) is 0 Å². The number of aryl methyl sites for hydroxylation is 2. The van der Waals surface area contributed by atoms with Crippen LogP contribution in [-0.2, 0) is 7.05 Å². The lowest BCUT2D eigenvalue weighted by Crippen LogP contribution is -2.35. The molecule has 1 aliphatic carbocycles. The molecule has 2 aromatic heterocycles. The van der Waals surface area contributed by atoms with Crippen LogP contribution in [0.3, 0.4) is 0 Å². The molecular formula is C33H31N2O+. The van der Waals surface area contributed by atoms with Crippen LogP contribution >= 0.6 is 0 Å². The third-order valence-corrected chi connectivity index (χ3v) is 7.85. The fourth-order valence-corrected chi connectivity index (χ4v) is 5.80. The van der Waals surface area contributed by atoms with Crippen molar-refractivity contribution in [2.24, 2.45) is 7.05 Å². The fourth-order valence-electron chi connectivity index (χ4n) is 5.80. The molecule has 0 atom stereocenters. The van der Waals surface area contributed by atoms with Gasteiger partial charge in [-0.25, -0.2) is 4.85 Å². The third kappa shape index (κ3) is 3.60. The van der Waals surface area contributed by atoms with Gasteiger partial charge in [-0.3, -0.25) is 0 Å². The molecule has 3 heteroatoms. The van der Waals surface area contributed by atoms with Gasteiger partial charge < -0.3 is 4.42 Å². The SMILES string of the molecule is [2H]C1(c2cc(C)[n+](C)c(-c3c(C)ccc4c3oc3c(-c5ccccc5)c([N+]#[C-])ccc34)c2)CCCCC1. The predicted molar refractivity (Wildman–Crippen MR) is 147 cm³/mol. The van der Waals surface area contributed by atoms with E-state index in [0.29, 0.717) is 5.69 Å². The van der Waals surface area contributed by atoms with Crippen molar-refractivity contribution in [2.75, 3.05) is 0 Å². The van der Waals surface area contributed by atoms with Crippen LogP contribution in [0.4, 0.5) is 5.69 Å². The van der Waals surface area contributed by atoms with Gasteiger partial charge in [0, 0.05) is 36.8 Å². The van der Waals surface area contributed by atoms with Crippen molar-refractivity contribution in [1.82, 2.24) is 0 Å². The van der Waals surface area contributed by atoms with E-state index in [4.69, 9.17) is 11.0 Å². The molecule has 0 amide bonds. The standard InChI is InChI=1S/C33H31N2O/c1-21-15-16-26-27-17-18-28(34-3)31(24-13-9-6-10-14-24)33(27)36-32(26)30(21)29-20-25(19-22(2)35(29)4)23-11-7-5-8-12-23/h6,9-10,13-20,23H,5,7-8,11-12H2,1-2,4H3/q+1/i23D. The van der Waals surface area contributed by atoms with Crippen LogP contribution in [0.5, 0.6) is 0 Å². The lowest BCUT2D eigenvalue weighted by atomic mass is 9.83. The molecule has 1 fully saturated rings. The third-order valence-electron chi connectivity index (χ3n) is 7.85. The smallest absolute Gasteiger partial charge is 0.216 e. The van der Waals surface area contributed by atoms with E-state index in [0.717, 1.165) is 86.8 Å². The van der Waals surface area contributed by atoms with Gasteiger partial charge in [0.15, 0.2) is 11.4 Å². The predicted octanol–water partition coefficient (Wildman–Crippen LogP) is 8.96. The van der Waals surface area contributed by atoms with Crippen LogP contribution in [0.2, 0.25) is 0 Å². The van der Waals surface area contributed by atoms with Crippen LogP contribution in [0, 0.1) is 20.4 Å². The van der Waals surface area contributed by atoms with Gasteiger partial charge in [-0.2, -0.15) is 4.57 Å². The van der Waals surface area contributed by atoms with E-state index in [1.165, 1.54) is 6.42 Å². The molecule has 0 unspecified atom stereocenters. The monoisotopic (exact) mass is 472 g/mol. The van der Waals surface area contributed by atoms with Crippen molar-refractivity contribution in [3.8, 4) is 22.4 Å². The van der Waals surface area contributed by atoms with E-state index < -0.39 is 5.89 Å². The molecule has 3 aromatic carbocycles. The van der Waals surface area contributed by atoms with Gasteiger partial charge in [-0.1, -0.05) is 73.9 Å². The van der Waals surface area contributed by atoms with Gasteiger partial charge in [0.05, 0.1) is 12.1 Å². The topological polar surface area (TPSA) is 21.4 Å². The second-order valence-electron chi connectivity index (χ2n) is 10.0. The first-order valence-corrected chi connectivity index (χ1v) is 12.8. The number of fused-ring (bicyclic) bond motifs is 3. The number of furan rings is 1. The maximum atomic E-state index is 9.30. The maximum absolute atomic E-state index is 9.30. The number of nitrogens with zero attached hydrogens (tertiary/aromatic N) is 2. The molecule has 2 heterocycles. The second kappa shape index (κ2) is 8.95. The summed E-state index contributed by atoms with van der Waals surface area (Å²) in [4.78, 5) is 3.83. The first-order chi connectivity index (χ1) is 17.9. The maximum Gasteiger partial charge on any atom is 0.216 e. The average Bonchev–Trinajstić information content (AvgIpc) is 3.29. The Morgan fingerprint density at radius 2 is 1.58 bits per heavy atom. The van der Waals surface area contributed by atoms with E-state index in [2.05, 4.69) is 54.6 Å². The number of hydrogen-bond acceptors (Lipinski definition) is 1. The minimum absolute atomic E-state index is 0.535. The first kappa shape index (κ1) is 21.4. The zero-order chi connectivity index (χ0) is 25.7. The Kier molecular flexibility index (Phi) is 5.32. The van der Waals surface area contributed by atoms with Crippen LogP contribution in [0.25, 0.3) is 49.2 Å². The number of benzene rings is 3. The first-order valence-electron chi connectivity index (χ1n) is 13.3. The highest BCUT2D eigenvalue weighted by molar-refractivity contribution is 6.15. The molecule has 3 nitrogen and oxygen atoms in total. The summed E-state index contributed by atoms with van der Waals surface area (Å²) >= 11 is 0. The number of aromatic nitrogens is 1. The second-order valence-corrected chi connectivity index (χ2v) is 10.0. The van der Waals surface area contributed by atoms with Crippen molar-refractivity contribution >= 4 is 27.6 Å². The summed E-state index contributed by atoms with van der Waals surface area (Å²) in [7, 11) is 2.10. The summed E-state index contributed by atoms with van der Waals surface area (Å²) < 4.78 is 18.3. The van der Waals surface area contributed by atoms with Gasteiger partial charge in [-0.15, -0.1) is 0 Å². The summed E-state index contributed by atoms with van der Waals surface area (Å²) in [6, 6.07) is 22.7. The van der Waals surface area contributed by atoms with E-state index in [1.807, 2.05) is 42.5 Å². The van der Waals surface area contributed by atoms with Crippen molar-refractivity contribution < 1.29 is 10.4 Å². The Morgan fingerprint density at radius 1 is 0.889 bits per heavy atom. The molecule has 0 aliphatic heterocycles. The molecule has 0 bridgehead atoms. The van der Waals surface area contributed by atoms with Crippen molar-refractivity contribution in [1.29, 1.82) is 0 Å². The average molecular weight is 473 g/mol. The minimum atomic E-state index is -0.535. The van der Waals surface area contributed by atoms with E-state index >= 15 is 0 Å². The quantitative estimate of drug-likeness (QED) is 0.190. The molecule has 0 N–H and O–H groups in total. The van der Waals surface area contributed by atoms with Crippen molar-refractivity contribution in [3.63, 3.8) is 0 Å². The highest BCUT2D eigenvalue weighted by Gasteiger charge is 2.26. The Balaban J connectivity index is 1.66. The Bertz CT molecular complexity index is 1700. The highest BCUT2D eigenvalue weighted by Crippen LogP contribution is 2.44. The number of rotatable bonds is 3. The number of pyridine rings is 1. The zero-order valence-electron chi connectivity index (χ0n) is 22.2. The number of hydrogen-bond donors (Lipinski definition) is 0. The van der Waals surface area contributed by atoms with Gasteiger partial charge in [0.2, 0.25) is 5.69 Å². The van der Waals surface area contributed by atoms with Gasteiger partial charge in [0.1, 0.15) is 18.2 Å². The van der Waals surface area contributed by atoms with E-state index in [1.54, 1.807) is 0 Å². The summed E-state index contributed by atoms with van der Waals surface area (Å²) in [6.45, 7) is 12.1. The van der Waals surface area contributed by atoms with Crippen molar-refractivity contribution in [3.05, 3.63) is 95.0 Å².